The van der Waals surface area contributed by atoms with Crippen LogP contribution in [-0.4, -0.2) is 33.4 Å². The van der Waals surface area contributed by atoms with Crippen molar-refractivity contribution < 1.29 is 5.11 Å². The summed E-state index contributed by atoms with van der Waals surface area (Å²) >= 11 is 7.34. The number of aromatic nitrogens is 1. The first-order valence-corrected chi connectivity index (χ1v) is 8.22. The van der Waals surface area contributed by atoms with E-state index in [2.05, 4.69) is 4.98 Å². The predicted octanol–water partition coefficient (Wildman–Crippen LogP) is 4.43. The minimum absolute atomic E-state index is 0.169. The van der Waals surface area contributed by atoms with Crippen molar-refractivity contribution in [1.29, 1.82) is 5.41 Å². The molecule has 0 unspecified atom stereocenters. The van der Waals surface area contributed by atoms with Gasteiger partial charge in [0.15, 0.2) is 0 Å². The molecular formula is C16H16ClN3OS. The summed E-state index contributed by atoms with van der Waals surface area (Å²) in [6.45, 7) is 4.39. The molecule has 114 valence electrons. The molecule has 0 saturated heterocycles. The maximum atomic E-state index is 10.2. The average Bonchev–Trinajstić information content (AvgIpc) is 3.04. The van der Waals surface area contributed by atoms with Gasteiger partial charge >= 0.3 is 0 Å². The number of thiazole rings is 1. The van der Waals surface area contributed by atoms with Crippen LogP contribution in [-0.2, 0) is 0 Å². The quantitative estimate of drug-likeness (QED) is 0.873. The fourth-order valence-electron chi connectivity index (χ4n) is 2.41. The lowest BCUT2D eigenvalue weighted by Gasteiger charge is -2.22. The van der Waals surface area contributed by atoms with Crippen molar-refractivity contribution in [2.24, 2.45) is 0 Å². The Morgan fingerprint density at radius 2 is 2.00 bits per heavy atom. The van der Waals surface area contributed by atoms with E-state index in [-0.39, 0.29) is 11.8 Å². The van der Waals surface area contributed by atoms with Crippen molar-refractivity contribution >= 4 is 34.3 Å². The molecule has 0 fully saturated rings. The van der Waals surface area contributed by atoms with Crippen molar-refractivity contribution in [2.45, 2.75) is 19.9 Å². The summed E-state index contributed by atoms with van der Waals surface area (Å²) in [6, 6.07) is 7.64. The normalized spacial score (nSPS) is 15.3. The minimum atomic E-state index is 0.169. The van der Waals surface area contributed by atoms with Gasteiger partial charge in [-0.1, -0.05) is 23.7 Å². The summed E-state index contributed by atoms with van der Waals surface area (Å²) in [5, 5.41) is 21.8. The Morgan fingerprint density at radius 1 is 1.32 bits per heavy atom. The van der Waals surface area contributed by atoms with E-state index in [9.17, 15) is 5.11 Å². The molecule has 1 aliphatic heterocycles. The number of hydrogen-bond donors (Lipinski definition) is 2. The van der Waals surface area contributed by atoms with E-state index in [4.69, 9.17) is 17.0 Å². The van der Waals surface area contributed by atoms with Gasteiger partial charge in [-0.3, -0.25) is 5.41 Å². The summed E-state index contributed by atoms with van der Waals surface area (Å²) in [5.74, 6) is 0.556. The molecular weight excluding hydrogens is 318 g/mol. The number of amidine groups is 1. The van der Waals surface area contributed by atoms with Crippen molar-refractivity contribution in [3.8, 4) is 11.3 Å². The van der Waals surface area contributed by atoms with Gasteiger partial charge in [-0.2, -0.15) is 0 Å². The SMILES string of the molecule is CC(C)N1CC(O)=C(c2nc(-c3ccc(Cl)cc3)cs2)C1=N. The summed E-state index contributed by atoms with van der Waals surface area (Å²) < 4.78 is 0. The lowest BCUT2D eigenvalue weighted by molar-refractivity contribution is 0.318. The monoisotopic (exact) mass is 333 g/mol. The van der Waals surface area contributed by atoms with Gasteiger partial charge < -0.3 is 10.0 Å². The Kier molecular flexibility index (Phi) is 3.93. The molecule has 0 radical (unpaired) electrons. The maximum Gasteiger partial charge on any atom is 0.135 e. The van der Waals surface area contributed by atoms with E-state index in [0.717, 1.165) is 11.3 Å². The van der Waals surface area contributed by atoms with E-state index < -0.39 is 0 Å². The summed E-state index contributed by atoms with van der Waals surface area (Å²) in [5.41, 5.74) is 2.34. The number of aliphatic hydroxyl groups is 1. The molecule has 1 aliphatic rings. The van der Waals surface area contributed by atoms with Crippen molar-refractivity contribution in [1.82, 2.24) is 9.88 Å². The Bertz CT molecular complexity index is 749. The third-order valence-corrected chi connectivity index (χ3v) is 4.73. The maximum absolute atomic E-state index is 10.2. The van der Waals surface area contributed by atoms with Crippen LogP contribution in [0.15, 0.2) is 35.4 Å². The molecule has 0 aliphatic carbocycles. The van der Waals surface area contributed by atoms with Gasteiger partial charge in [0.2, 0.25) is 0 Å². The second-order valence-corrected chi connectivity index (χ2v) is 6.73. The lowest BCUT2D eigenvalue weighted by atomic mass is 10.2. The second-order valence-electron chi connectivity index (χ2n) is 5.44. The molecule has 0 amide bonds. The largest absolute Gasteiger partial charge is 0.510 e. The van der Waals surface area contributed by atoms with E-state index in [1.807, 2.05) is 48.4 Å². The van der Waals surface area contributed by atoms with Crippen LogP contribution in [0.1, 0.15) is 18.9 Å². The molecule has 2 heterocycles. The Labute approximate surface area is 138 Å². The molecule has 0 spiro atoms. The highest BCUT2D eigenvalue weighted by molar-refractivity contribution is 7.11. The van der Waals surface area contributed by atoms with E-state index in [1.165, 1.54) is 11.3 Å². The first-order valence-electron chi connectivity index (χ1n) is 6.97. The molecule has 2 aromatic rings. The van der Waals surface area contributed by atoms with E-state index in [1.54, 1.807) is 0 Å². The zero-order valence-corrected chi connectivity index (χ0v) is 13.9. The Balaban J connectivity index is 1.93. The molecule has 0 atom stereocenters. The number of aliphatic hydroxyl groups excluding tert-OH is 1. The van der Waals surface area contributed by atoms with Crippen LogP contribution >= 0.6 is 22.9 Å². The predicted molar refractivity (Wildman–Crippen MR) is 91.7 cm³/mol. The van der Waals surface area contributed by atoms with Crippen molar-refractivity contribution in [3.63, 3.8) is 0 Å². The third kappa shape index (κ3) is 2.62. The van der Waals surface area contributed by atoms with Gasteiger partial charge in [0.1, 0.15) is 16.6 Å². The van der Waals surface area contributed by atoms with Crippen LogP contribution in [0.3, 0.4) is 0 Å². The molecule has 22 heavy (non-hydrogen) atoms. The van der Waals surface area contributed by atoms with Gasteiger partial charge in [0.05, 0.1) is 17.8 Å². The van der Waals surface area contributed by atoms with Crippen LogP contribution in [0.25, 0.3) is 16.8 Å². The lowest BCUT2D eigenvalue weighted by Crippen LogP contribution is -2.33. The number of halogens is 1. The number of nitrogens with zero attached hydrogens (tertiary/aromatic N) is 2. The van der Waals surface area contributed by atoms with Crippen LogP contribution in [0.4, 0.5) is 0 Å². The fourth-order valence-corrected chi connectivity index (χ4v) is 3.43. The van der Waals surface area contributed by atoms with Gasteiger partial charge in [-0.05, 0) is 26.0 Å². The molecule has 6 heteroatoms. The molecule has 4 nitrogen and oxygen atoms in total. The van der Waals surface area contributed by atoms with Gasteiger partial charge in [-0.15, -0.1) is 11.3 Å². The molecule has 1 aromatic heterocycles. The topological polar surface area (TPSA) is 60.2 Å². The average molecular weight is 334 g/mol. The summed E-state index contributed by atoms with van der Waals surface area (Å²) in [7, 11) is 0. The molecule has 0 bridgehead atoms. The van der Waals surface area contributed by atoms with E-state index >= 15 is 0 Å². The highest BCUT2D eigenvalue weighted by Gasteiger charge is 2.31. The number of hydrogen-bond acceptors (Lipinski definition) is 4. The highest BCUT2D eigenvalue weighted by Crippen LogP contribution is 2.33. The third-order valence-electron chi connectivity index (χ3n) is 3.61. The second kappa shape index (κ2) is 5.74. The fraction of sp³-hybridized carbons (Fsp3) is 0.250. The van der Waals surface area contributed by atoms with Gasteiger partial charge in [0.25, 0.3) is 0 Å². The molecule has 2 N–H and O–H groups in total. The standard InChI is InChI=1S/C16H16ClN3OS/c1-9(2)20-7-13(21)14(15(20)18)16-19-12(8-22-16)10-3-5-11(17)6-4-10/h3-6,8-9,18,21H,7H2,1-2H3. The zero-order valence-electron chi connectivity index (χ0n) is 12.3. The van der Waals surface area contributed by atoms with Gasteiger partial charge in [0, 0.05) is 22.0 Å². The summed E-state index contributed by atoms with van der Waals surface area (Å²) in [4.78, 5) is 6.43. The first-order chi connectivity index (χ1) is 10.5. The number of rotatable bonds is 3. The van der Waals surface area contributed by atoms with Gasteiger partial charge in [-0.25, -0.2) is 4.98 Å². The highest BCUT2D eigenvalue weighted by atomic mass is 35.5. The van der Waals surface area contributed by atoms with Crippen molar-refractivity contribution in [3.05, 3.63) is 45.4 Å². The van der Waals surface area contributed by atoms with Crippen LogP contribution in [0.2, 0.25) is 5.02 Å². The van der Waals surface area contributed by atoms with Crippen LogP contribution in [0, 0.1) is 5.41 Å². The smallest absolute Gasteiger partial charge is 0.135 e. The van der Waals surface area contributed by atoms with Crippen LogP contribution in [0.5, 0.6) is 0 Å². The Morgan fingerprint density at radius 3 is 2.59 bits per heavy atom. The first kappa shape index (κ1) is 15.1. The minimum Gasteiger partial charge on any atom is -0.510 e. The van der Waals surface area contributed by atoms with Crippen LogP contribution < -0.4 is 0 Å². The number of nitrogens with one attached hydrogen (secondary N) is 1. The van der Waals surface area contributed by atoms with Crippen molar-refractivity contribution in [2.75, 3.05) is 6.54 Å². The summed E-state index contributed by atoms with van der Waals surface area (Å²) in [6.07, 6.45) is 0. The number of benzene rings is 1. The zero-order chi connectivity index (χ0) is 15.9. The Hall–Kier alpha value is -1.85. The molecule has 3 rings (SSSR count). The molecule has 1 aromatic carbocycles. The van der Waals surface area contributed by atoms with E-state index in [0.29, 0.717) is 28.0 Å². The molecule has 0 saturated carbocycles.